The zero-order valence-electron chi connectivity index (χ0n) is 18.9. The van der Waals surface area contributed by atoms with Crippen LogP contribution in [0.1, 0.15) is 57.1 Å². The quantitative estimate of drug-likeness (QED) is 0.533. The van der Waals surface area contributed by atoms with E-state index in [4.69, 9.17) is 0 Å². The van der Waals surface area contributed by atoms with E-state index in [1.165, 1.54) is 12.1 Å². The summed E-state index contributed by atoms with van der Waals surface area (Å²) in [5, 5.41) is 11.4. The third kappa shape index (κ3) is 5.38. The highest BCUT2D eigenvalue weighted by atomic mass is 19.1. The van der Waals surface area contributed by atoms with Gasteiger partial charge in [-0.2, -0.15) is 0 Å². The van der Waals surface area contributed by atoms with Gasteiger partial charge in [-0.3, -0.25) is 9.59 Å². The van der Waals surface area contributed by atoms with Gasteiger partial charge in [0.2, 0.25) is 11.8 Å². The minimum absolute atomic E-state index is 0.0291. The summed E-state index contributed by atoms with van der Waals surface area (Å²) >= 11 is 0. The summed E-state index contributed by atoms with van der Waals surface area (Å²) in [5.74, 6) is -0.828. The second-order valence-corrected chi connectivity index (χ2v) is 8.62. The Balaban J connectivity index is 1.64. The Labute approximate surface area is 193 Å². The second-order valence-electron chi connectivity index (χ2n) is 8.62. The molecule has 1 aliphatic rings. The van der Waals surface area contributed by atoms with Crippen LogP contribution in [0.25, 0.3) is 11.0 Å². The Hall–Kier alpha value is -3.29. The van der Waals surface area contributed by atoms with Crippen LogP contribution in [-0.4, -0.2) is 44.3 Å². The number of carbonyl (C=O) groups is 2. The molecule has 1 saturated carbocycles. The molecule has 7 nitrogen and oxygen atoms in total. The van der Waals surface area contributed by atoms with Gasteiger partial charge in [-0.1, -0.05) is 55.7 Å². The Bertz CT molecular complexity index is 1090. The highest BCUT2D eigenvalue weighted by Crippen LogP contribution is 2.26. The molecule has 3 aromatic rings. The Morgan fingerprint density at radius 3 is 2.61 bits per heavy atom. The van der Waals surface area contributed by atoms with Gasteiger partial charge in [-0.05, 0) is 49.1 Å². The van der Waals surface area contributed by atoms with E-state index in [1.807, 2.05) is 31.2 Å². The molecule has 1 aliphatic carbocycles. The number of carbonyl (C=O) groups excluding carboxylic acids is 2. The van der Waals surface area contributed by atoms with Gasteiger partial charge in [-0.25, -0.2) is 9.07 Å². The number of unbranched alkanes of at least 4 members (excludes halogenated alkanes) is 1. The first-order chi connectivity index (χ1) is 16.1. The van der Waals surface area contributed by atoms with E-state index in [0.29, 0.717) is 17.6 Å². The van der Waals surface area contributed by atoms with Gasteiger partial charge in [0.1, 0.15) is 23.9 Å². The maximum Gasteiger partial charge on any atom is 0.247 e. The Morgan fingerprint density at radius 2 is 1.88 bits per heavy atom. The summed E-state index contributed by atoms with van der Waals surface area (Å²) in [4.78, 5) is 28.7. The fourth-order valence-corrected chi connectivity index (χ4v) is 4.45. The summed E-state index contributed by atoms with van der Waals surface area (Å²) < 4.78 is 15.2. The Kier molecular flexibility index (Phi) is 7.32. The first-order valence-corrected chi connectivity index (χ1v) is 11.7. The van der Waals surface area contributed by atoms with E-state index in [1.54, 1.807) is 21.7 Å². The van der Waals surface area contributed by atoms with E-state index >= 15 is 0 Å². The number of aromatic nitrogens is 3. The SMILES string of the molecule is CCCCN(C(=O)Cn1nnc2ccccc21)[C@@H](C(=O)NC1CCCC1)c1ccc(F)cc1. The molecule has 0 saturated heterocycles. The first kappa shape index (κ1) is 22.9. The summed E-state index contributed by atoms with van der Waals surface area (Å²) in [6.07, 6.45) is 5.67. The van der Waals surface area contributed by atoms with Gasteiger partial charge in [-0.15, -0.1) is 5.10 Å². The van der Waals surface area contributed by atoms with Gasteiger partial charge >= 0.3 is 0 Å². The molecule has 0 radical (unpaired) electrons. The molecule has 33 heavy (non-hydrogen) atoms. The highest BCUT2D eigenvalue weighted by Gasteiger charge is 2.33. The molecule has 1 N–H and O–H groups in total. The molecule has 174 valence electrons. The number of para-hydroxylation sites is 1. The fraction of sp³-hybridized carbons (Fsp3) is 0.440. The van der Waals surface area contributed by atoms with Crippen LogP contribution in [-0.2, 0) is 16.1 Å². The minimum atomic E-state index is -0.833. The number of halogens is 1. The summed E-state index contributed by atoms with van der Waals surface area (Å²) in [6.45, 7) is 2.43. The van der Waals surface area contributed by atoms with Crippen molar-refractivity contribution in [2.24, 2.45) is 0 Å². The normalized spacial score (nSPS) is 15.0. The molecule has 2 amide bonds. The van der Waals surface area contributed by atoms with E-state index < -0.39 is 6.04 Å². The number of fused-ring (bicyclic) bond motifs is 1. The highest BCUT2D eigenvalue weighted by molar-refractivity contribution is 5.89. The van der Waals surface area contributed by atoms with Crippen LogP contribution in [0.15, 0.2) is 48.5 Å². The van der Waals surface area contributed by atoms with Crippen molar-refractivity contribution in [3.05, 3.63) is 59.9 Å². The third-order valence-electron chi connectivity index (χ3n) is 6.23. The van der Waals surface area contributed by atoms with Crippen molar-refractivity contribution >= 4 is 22.8 Å². The van der Waals surface area contributed by atoms with Crippen molar-refractivity contribution < 1.29 is 14.0 Å². The number of nitrogens with one attached hydrogen (secondary N) is 1. The predicted molar refractivity (Wildman–Crippen MR) is 124 cm³/mol. The first-order valence-electron chi connectivity index (χ1n) is 11.7. The van der Waals surface area contributed by atoms with Crippen molar-refractivity contribution in [1.82, 2.24) is 25.2 Å². The molecular formula is C25H30FN5O2. The standard InChI is InChI=1S/C25H30FN5O2/c1-2-3-16-30(23(32)17-31-22-11-7-6-10-21(22)28-29-31)24(18-12-14-19(26)15-13-18)25(33)27-20-8-4-5-9-20/h6-7,10-15,20,24H,2-5,8-9,16-17H2,1H3,(H,27,33)/t24-/m1/s1. The number of hydrogen-bond donors (Lipinski definition) is 1. The van der Waals surface area contributed by atoms with Crippen molar-refractivity contribution in [3.63, 3.8) is 0 Å². The maximum atomic E-state index is 13.6. The molecule has 8 heteroatoms. The van der Waals surface area contributed by atoms with Crippen LogP contribution < -0.4 is 5.32 Å². The smallest absolute Gasteiger partial charge is 0.247 e. The minimum Gasteiger partial charge on any atom is -0.351 e. The van der Waals surface area contributed by atoms with Gasteiger partial charge in [0.25, 0.3) is 0 Å². The van der Waals surface area contributed by atoms with Crippen molar-refractivity contribution in [2.45, 2.75) is 64.1 Å². The van der Waals surface area contributed by atoms with Gasteiger partial charge < -0.3 is 10.2 Å². The number of rotatable bonds is 9. The van der Waals surface area contributed by atoms with Crippen LogP contribution >= 0.6 is 0 Å². The molecule has 0 spiro atoms. The maximum absolute atomic E-state index is 13.6. The van der Waals surface area contributed by atoms with Crippen LogP contribution in [0.3, 0.4) is 0 Å². The van der Waals surface area contributed by atoms with Gasteiger partial charge in [0, 0.05) is 12.6 Å². The monoisotopic (exact) mass is 451 g/mol. The summed E-state index contributed by atoms with van der Waals surface area (Å²) in [7, 11) is 0. The van der Waals surface area contributed by atoms with Crippen molar-refractivity contribution in [3.8, 4) is 0 Å². The van der Waals surface area contributed by atoms with Crippen LogP contribution in [0.2, 0.25) is 0 Å². The molecule has 1 heterocycles. The lowest BCUT2D eigenvalue weighted by Gasteiger charge is -2.32. The molecule has 4 rings (SSSR count). The van der Waals surface area contributed by atoms with E-state index in [2.05, 4.69) is 15.6 Å². The van der Waals surface area contributed by atoms with Crippen LogP contribution in [0.5, 0.6) is 0 Å². The number of amides is 2. The lowest BCUT2D eigenvalue weighted by atomic mass is 10.0. The van der Waals surface area contributed by atoms with Crippen LogP contribution in [0.4, 0.5) is 4.39 Å². The molecule has 1 fully saturated rings. The third-order valence-corrected chi connectivity index (χ3v) is 6.23. The van der Waals surface area contributed by atoms with E-state index in [-0.39, 0.29) is 30.2 Å². The van der Waals surface area contributed by atoms with E-state index in [0.717, 1.165) is 44.0 Å². The lowest BCUT2D eigenvalue weighted by Crippen LogP contribution is -2.47. The lowest BCUT2D eigenvalue weighted by molar-refractivity contribution is -0.141. The summed E-state index contributed by atoms with van der Waals surface area (Å²) in [5.41, 5.74) is 2.06. The molecule has 0 unspecified atom stereocenters. The van der Waals surface area contributed by atoms with Gasteiger partial charge in [0.05, 0.1) is 5.52 Å². The topological polar surface area (TPSA) is 80.1 Å². The predicted octanol–water partition coefficient (Wildman–Crippen LogP) is 4.00. The molecule has 1 atom stereocenters. The number of benzene rings is 2. The molecule has 0 aliphatic heterocycles. The number of nitrogens with zero attached hydrogens (tertiary/aromatic N) is 4. The molecule has 1 aromatic heterocycles. The molecular weight excluding hydrogens is 421 g/mol. The Morgan fingerprint density at radius 1 is 1.15 bits per heavy atom. The molecule has 2 aromatic carbocycles. The average Bonchev–Trinajstić information content (AvgIpc) is 3.47. The number of hydrogen-bond acceptors (Lipinski definition) is 4. The van der Waals surface area contributed by atoms with E-state index in [9.17, 15) is 14.0 Å². The zero-order valence-corrected chi connectivity index (χ0v) is 18.9. The molecule has 0 bridgehead atoms. The van der Waals surface area contributed by atoms with Crippen molar-refractivity contribution in [1.29, 1.82) is 0 Å². The fourth-order valence-electron chi connectivity index (χ4n) is 4.45. The van der Waals surface area contributed by atoms with Crippen LogP contribution in [0, 0.1) is 5.82 Å². The zero-order chi connectivity index (χ0) is 23.2. The van der Waals surface area contributed by atoms with Crippen molar-refractivity contribution in [2.75, 3.05) is 6.54 Å². The largest absolute Gasteiger partial charge is 0.351 e. The summed E-state index contributed by atoms with van der Waals surface area (Å²) in [6, 6.07) is 12.6. The average molecular weight is 452 g/mol. The van der Waals surface area contributed by atoms with Gasteiger partial charge in [0.15, 0.2) is 0 Å². The second kappa shape index (κ2) is 10.6.